The fraction of sp³-hybridized carbons (Fsp3) is 0.259. The molecule has 3 aromatic carbocycles. The maximum atomic E-state index is 13.7. The van der Waals surface area contributed by atoms with Crippen molar-refractivity contribution in [3.05, 3.63) is 87.4 Å². The van der Waals surface area contributed by atoms with Crippen molar-refractivity contribution in [3.63, 3.8) is 0 Å². The molecule has 0 radical (unpaired) electrons. The van der Waals surface area contributed by atoms with Crippen LogP contribution < -0.4 is 5.32 Å². The summed E-state index contributed by atoms with van der Waals surface area (Å²) in [5.41, 5.74) is 3.03. The quantitative estimate of drug-likeness (QED) is 0.308. The molecule has 9 heteroatoms. The molecular formula is C27H24Cl2F3NO3. The first kappa shape index (κ1) is 27.6. The Bertz CT molecular complexity index is 1260. The Morgan fingerprint density at radius 2 is 1.67 bits per heavy atom. The molecule has 0 spiro atoms. The zero-order valence-electron chi connectivity index (χ0n) is 19.5. The molecule has 0 saturated heterocycles. The number of aliphatic carboxylic acids is 1. The van der Waals surface area contributed by atoms with Gasteiger partial charge in [0, 0.05) is 5.02 Å². The molecule has 3 aromatic rings. The number of hydrogen-bond donors (Lipinski definition) is 2. The molecule has 0 aliphatic rings. The van der Waals surface area contributed by atoms with Crippen LogP contribution in [0.4, 0.5) is 18.9 Å². The van der Waals surface area contributed by atoms with Crippen molar-refractivity contribution in [1.29, 1.82) is 0 Å². The maximum absolute atomic E-state index is 13.7. The van der Waals surface area contributed by atoms with Crippen LogP contribution in [-0.4, -0.2) is 23.2 Å². The first-order chi connectivity index (χ1) is 16.9. The number of amides is 1. The van der Waals surface area contributed by atoms with E-state index < -0.39 is 29.9 Å². The number of anilines is 1. The number of carboxylic acid groups (broad SMARTS) is 1. The summed E-state index contributed by atoms with van der Waals surface area (Å²) in [6.07, 6.45) is -4.12. The standard InChI is InChI=1S/C27H24Cl2F3NO3/c1-3-16-4-5-19(14-24(34)35)21(12-16)18-8-11-22(29)23(13-18)33-26(36)25(15(2)27(30,31)32)17-6-9-20(28)10-7-17/h4-13,15,25H,3,14H2,1-2H3,(H,33,36)(H,34,35)/t15-,25+/m1/s1. The number of alkyl halides is 3. The lowest BCUT2D eigenvalue weighted by Crippen LogP contribution is -2.34. The summed E-state index contributed by atoms with van der Waals surface area (Å²) in [7, 11) is 0. The molecule has 0 aliphatic heterocycles. The van der Waals surface area contributed by atoms with Gasteiger partial charge in [0.15, 0.2) is 0 Å². The minimum Gasteiger partial charge on any atom is -0.481 e. The second-order valence-corrected chi connectivity index (χ2v) is 9.30. The molecule has 2 N–H and O–H groups in total. The molecule has 36 heavy (non-hydrogen) atoms. The van der Waals surface area contributed by atoms with Crippen molar-refractivity contribution in [1.82, 2.24) is 0 Å². The summed E-state index contributed by atoms with van der Waals surface area (Å²) in [6, 6.07) is 15.8. The maximum Gasteiger partial charge on any atom is 0.392 e. The molecule has 0 aromatic heterocycles. The van der Waals surface area contributed by atoms with Crippen molar-refractivity contribution in [2.45, 2.75) is 38.8 Å². The van der Waals surface area contributed by atoms with Crippen LogP contribution in [0.1, 0.15) is 36.5 Å². The molecule has 0 heterocycles. The van der Waals surface area contributed by atoms with E-state index in [0.717, 1.165) is 18.9 Å². The molecular weight excluding hydrogens is 514 g/mol. The fourth-order valence-corrected chi connectivity index (χ4v) is 4.25. The van der Waals surface area contributed by atoms with Gasteiger partial charge in [0.2, 0.25) is 5.91 Å². The summed E-state index contributed by atoms with van der Waals surface area (Å²) >= 11 is 12.2. The van der Waals surface area contributed by atoms with Crippen molar-refractivity contribution in [3.8, 4) is 11.1 Å². The van der Waals surface area contributed by atoms with E-state index in [0.29, 0.717) is 21.7 Å². The van der Waals surface area contributed by atoms with Gasteiger partial charge in [-0.1, -0.05) is 73.4 Å². The highest BCUT2D eigenvalue weighted by molar-refractivity contribution is 6.34. The highest BCUT2D eigenvalue weighted by Gasteiger charge is 2.45. The minimum atomic E-state index is -4.63. The van der Waals surface area contributed by atoms with Gasteiger partial charge in [-0.25, -0.2) is 0 Å². The van der Waals surface area contributed by atoms with Crippen LogP contribution in [-0.2, 0) is 22.4 Å². The number of carbonyl (C=O) groups excluding carboxylic acids is 1. The van der Waals surface area contributed by atoms with Crippen molar-refractivity contribution >= 4 is 40.8 Å². The molecule has 4 nitrogen and oxygen atoms in total. The first-order valence-corrected chi connectivity index (χ1v) is 11.9. The minimum absolute atomic E-state index is 0.121. The van der Waals surface area contributed by atoms with Gasteiger partial charge < -0.3 is 10.4 Å². The Morgan fingerprint density at radius 1 is 1.00 bits per heavy atom. The number of nitrogens with one attached hydrogen (secondary N) is 1. The molecule has 0 aliphatic carbocycles. The van der Waals surface area contributed by atoms with Gasteiger partial charge in [0.25, 0.3) is 0 Å². The van der Waals surface area contributed by atoms with Crippen LogP contribution in [0.2, 0.25) is 10.0 Å². The highest BCUT2D eigenvalue weighted by atomic mass is 35.5. The fourth-order valence-electron chi connectivity index (χ4n) is 3.95. The summed E-state index contributed by atoms with van der Waals surface area (Å²) < 4.78 is 41.0. The molecule has 0 fully saturated rings. The van der Waals surface area contributed by atoms with Crippen LogP contribution in [0.15, 0.2) is 60.7 Å². The number of hydrogen-bond acceptors (Lipinski definition) is 2. The van der Waals surface area contributed by atoms with Crippen LogP contribution >= 0.6 is 23.2 Å². The van der Waals surface area contributed by atoms with E-state index in [1.54, 1.807) is 12.1 Å². The number of carbonyl (C=O) groups is 2. The molecule has 190 valence electrons. The largest absolute Gasteiger partial charge is 0.481 e. The van der Waals surface area contributed by atoms with Gasteiger partial charge in [0.05, 0.1) is 29.0 Å². The summed E-state index contributed by atoms with van der Waals surface area (Å²) in [5, 5.41) is 12.3. The number of halogens is 5. The zero-order valence-corrected chi connectivity index (χ0v) is 21.0. The number of aryl methyl sites for hydroxylation is 1. The molecule has 0 unspecified atom stereocenters. The lowest BCUT2D eigenvalue weighted by atomic mass is 9.85. The molecule has 2 atom stereocenters. The molecule has 0 bridgehead atoms. The average molecular weight is 538 g/mol. The van der Waals surface area contributed by atoms with E-state index in [9.17, 15) is 27.9 Å². The van der Waals surface area contributed by atoms with Crippen molar-refractivity contribution in [2.75, 3.05) is 5.32 Å². The van der Waals surface area contributed by atoms with Gasteiger partial charge >= 0.3 is 12.1 Å². The third-order valence-electron chi connectivity index (χ3n) is 5.99. The van der Waals surface area contributed by atoms with Crippen LogP contribution in [0.3, 0.4) is 0 Å². The number of carboxylic acids is 1. The summed E-state index contributed by atoms with van der Waals surface area (Å²) in [4.78, 5) is 24.6. The van der Waals surface area contributed by atoms with E-state index in [4.69, 9.17) is 23.2 Å². The van der Waals surface area contributed by atoms with E-state index in [-0.39, 0.29) is 22.7 Å². The monoisotopic (exact) mass is 537 g/mol. The molecule has 0 saturated carbocycles. The summed E-state index contributed by atoms with van der Waals surface area (Å²) in [5.74, 6) is -5.42. The third-order valence-corrected chi connectivity index (χ3v) is 6.57. The average Bonchev–Trinajstić information content (AvgIpc) is 2.81. The van der Waals surface area contributed by atoms with Crippen LogP contribution in [0.5, 0.6) is 0 Å². The molecule has 1 amide bonds. The Labute approximate surface area is 217 Å². The van der Waals surface area contributed by atoms with Gasteiger partial charge in [-0.05, 0) is 58.5 Å². The summed E-state index contributed by atoms with van der Waals surface area (Å²) in [6.45, 7) is 2.91. The zero-order chi connectivity index (χ0) is 26.6. The SMILES string of the molecule is CCc1ccc(CC(=O)O)c(-c2ccc(Cl)c(NC(=O)[C@H](c3ccc(Cl)cc3)[C@@H](C)C(F)(F)F)c2)c1. The Morgan fingerprint density at radius 3 is 2.25 bits per heavy atom. The van der Waals surface area contributed by atoms with E-state index in [1.165, 1.54) is 36.4 Å². The first-order valence-electron chi connectivity index (χ1n) is 11.2. The topological polar surface area (TPSA) is 66.4 Å². The van der Waals surface area contributed by atoms with E-state index >= 15 is 0 Å². The van der Waals surface area contributed by atoms with Crippen molar-refractivity contribution in [2.24, 2.45) is 5.92 Å². The van der Waals surface area contributed by atoms with Gasteiger partial charge in [-0.15, -0.1) is 0 Å². The second-order valence-electron chi connectivity index (χ2n) is 8.46. The van der Waals surface area contributed by atoms with Gasteiger partial charge in [-0.2, -0.15) is 13.2 Å². The Balaban J connectivity index is 2.02. The number of benzene rings is 3. The van der Waals surface area contributed by atoms with Crippen LogP contribution in [0.25, 0.3) is 11.1 Å². The van der Waals surface area contributed by atoms with E-state index in [1.807, 2.05) is 19.1 Å². The Hall–Kier alpha value is -3.03. The van der Waals surface area contributed by atoms with Gasteiger partial charge in [-0.3, -0.25) is 9.59 Å². The third kappa shape index (κ3) is 6.59. The number of rotatable bonds is 8. The Kier molecular flexibility index (Phi) is 8.69. The predicted molar refractivity (Wildman–Crippen MR) is 136 cm³/mol. The second kappa shape index (κ2) is 11.4. The predicted octanol–water partition coefficient (Wildman–Crippen LogP) is 7.77. The normalized spacial score (nSPS) is 13.2. The van der Waals surface area contributed by atoms with Gasteiger partial charge in [0.1, 0.15) is 0 Å². The smallest absolute Gasteiger partial charge is 0.392 e. The lowest BCUT2D eigenvalue weighted by Gasteiger charge is -2.26. The van der Waals surface area contributed by atoms with E-state index in [2.05, 4.69) is 5.32 Å². The highest BCUT2D eigenvalue weighted by Crippen LogP contribution is 2.39. The van der Waals surface area contributed by atoms with Crippen molar-refractivity contribution < 1.29 is 27.9 Å². The lowest BCUT2D eigenvalue weighted by molar-refractivity contribution is -0.178. The molecule has 3 rings (SSSR count). The van der Waals surface area contributed by atoms with Crippen LogP contribution in [0, 0.1) is 5.92 Å².